The van der Waals surface area contributed by atoms with Crippen LogP contribution in [0.2, 0.25) is 0 Å². The van der Waals surface area contributed by atoms with Gasteiger partial charge in [0.25, 0.3) is 0 Å². The molecule has 2 atom stereocenters. The van der Waals surface area contributed by atoms with Crippen molar-refractivity contribution in [3.05, 3.63) is 0 Å². The van der Waals surface area contributed by atoms with Gasteiger partial charge in [0.1, 0.15) is 5.78 Å². The zero-order chi connectivity index (χ0) is 13.6. The maximum absolute atomic E-state index is 12.0. The highest BCUT2D eigenvalue weighted by Gasteiger charge is 2.33. The second kappa shape index (κ2) is 7.21. The lowest BCUT2D eigenvalue weighted by Gasteiger charge is -2.16. The number of ketones is 1. The van der Waals surface area contributed by atoms with Crippen molar-refractivity contribution in [3.63, 3.8) is 0 Å². The Balaban J connectivity index is 2.45. The molecule has 1 rings (SSSR count). The number of carbonyl (C=O) groups is 1. The van der Waals surface area contributed by atoms with E-state index in [2.05, 4.69) is 5.32 Å². The molecule has 2 unspecified atom stereocenters. The van der Waals surface area contributed by atoms with Crippen LogP contribution in [0.1, 0.15) is 26.7 Å². The van der Waals surface area contributed by atoms with E-state index in [0.29, 0.717) is 19.6 Å². The average Bonchev–Trinajstić information content (AvgIpc) is 2.75. The molecule has 1 aliphatic rings. The molecule has 1 saturated heterocycles. The number of nitrogens with one attached hydrogen (secondary N) is 1. The number of Topliss-reactive ketones (excluding diaryl/α,β-unsaturated/α-hetero) is 1. The lowest BCUT2D eigenvalue weighted by molar-refractivity contribution is -0.122. The van der Waals surface area contributed by atoms with Crippen LogP contribution in [0, 0.1) is 5.92 Å². The lowest BCUT2D eigenvalue weighted by Crippen LogP contribution is -2.39. The van der Waals surface area contributed by atoms with Gasteiger partial charge in [-0.15, -0.1) is 0 Å². The predicted molar refractivity (Wildman–Crippen MR) is 70.3 cm³/mol. The van der Waals surface area contributed by atoms with Gasteiger partial charge in [-0.1, -0.05) is 13.8 Å². The van der Waals surface area contributed by atoms with E-state index in [1.807, 2.05) is 13.8 Å². The summed E-state index contributed by atoms with van der Waals surface area (Å²) in [4.78, 5) is 12.0. The minimum Gasteiger partial charge on any atom is -0.379 e. The first-order valence-electron chi connectivity index (χ1n) is 6.54. The van der Waals surface area contributed by atoms with Crippen LogP contribution in [0.25, 0.3) is 0 Å². The van der Waals surface area contributed by atoms with Crippen molar-refractivity contribution < 1.29 is 17.9 Å². The molecule has 0 aromatic heterocycles. The quantitative estimate of drug-likeness (QED) is 0.695. The van der Waals surface area contributed by atoms with Gasteiger partial charge >= 0.3 is 0 Å². The van der Waals surface area contributed by atoms with Crippen molar-refractivity contribution >= 4 is 15.6 Å². The first-order valence-corrected chi connectivity index (χ1v) is 8.36. The number of hydrogen-bond donors (Lipinski definition) is 1. The van der Waals surface area contributed by atoms with E-state index in [1.54, 1.807) is 0 Å². The Morgan fingerprint density at radius 1 is 1.28 bits per heavy atom. The largest absolute Gasteiger partial charge is 0.379 e. The summed E-state index contributed by atoms with van der Waals surface area (Å²) in [5.74, 6) is -0.0625. The highest BCUT2D eigenvalue weighted by molar-refractivity contribution is 7.91. The maximum atomic E-state index is 12.0. The Kier molecular flexibility index (Phi) is 6.25. The van der Waals surface area contributed by atoms with Crippen LogP contribution in [0.15, 0.2) is 0 Å². The molecule has 106 valence electrons. The van der Waals surface area contributed by atoms with Crippen molar-refractivity contribution in [2.24, 2.45) is 5.92 Å². The average molecular weight is 277 g/mol. The topological polar surface area (TPSA) is 72.5 Å². The summed E-state index contributed by atoms with van der Waals surface area (Å²) in [6.07, 6.45) is 0.710. The van der Waals surface area contributed by atoms with Crippen LogP contribution in [0.4, 0.5) is 0 Å². The van der Waals surface area contributed by atoms with E-state index in [4.69, 9.17) is 4.74 Å². The van der Waals surface area contributed by atoms with Gasteiger partial charge in [0.15, 0.2) is 9.84 Å². The third-order valence-corrected chi connectivity index (χ3v) is 4.99. The third kappa shape index (κ3) is 4.66. The fourth-order valence-corrected chi connectivity index (χ4v) is 3.53. The monoisotopic (exact) mass is 277 g/mol. The summed E-state index contributed by atoms with van der Waals surface area (Å²) < 4.78 is 28.4. The van der Waals surface area contributed by atoms with E-state index in [-0.39, 0.29) is 35.7 Å². The minimum atomic E-state index is -3.07. The lowest BCUT2D eigenvalue weighted by atomic mass is 9.97. The molecule has 0 aromatic rings. The first kappa shape index (κ1) is 15.6. The highest BCUT2D eigenvalue weighted by atomic mass is 32.2. The van der Waals surface area contributed by atoms with Crippen LogP contribution in [-0.4, -0.2) is 51.5 Å². The maximum Gasteiger partial charge on any atom is 0.150 e. The van der Waals surface area contributed by atoms with E-state index < -0.39 is 9.84 Å². The Morgan fingerprint density at radius 2 is 2.00 bits per heavy atom. The summed E-state index contributed by atoms with van der Waals surface area (Å²) >= 11 is 0. The van der Waals surface area contributed by atoms with Crippen molar-refractivity contribution in [1.82, 2.24) is 5.32 Å². The van der Waals surface area contributed by atoms with Gasteiger partial charge in [0, 0.05) is 18.2 Å². The standard InChI is InChI=1S/C12H23NO4S/c1-3-6-18(15,16)7-5-12(14)10-8-17-9-11(10)13-4-2/h10-11,13H,3-9H2,1-2H3. The van der Waals surface area contributed by atoms with Crippen LogP contribution in [0.3, 0.4) is 0 Å². The van der Waals surface area contributed by atoms with E-state index in [1.165, 1.54) is 0 Å². The molecule has 1 heterocycles. The normalized spacial score (nSPS) is 24.3. The minimum absolute atomic E-state index is 0.00173. The Morgan fingerprint density at radius 3 is 2.61 bits per heavy atom. The molecule has 0 bridgehead atoms. The van der Waals surface area contributed by atoms with Gasteiger partial charge in [0.2, 0.25) is 0 Å². The molecule has 0 aromatic carbocycles. The van der Waals surface area contributed by atoms with Crippen LogP contribution in [0.5, 0.6) is 0 Å². The van der Waals surface area contributed by atoms with Crippen molar-refractivity contribution in [2.45, 2.75) is 32.7 Å². The predicted octanol–water partition coefficient (Wildman–Crippen LogP) is 0.395. The molecular formula is C12H23NO4S. The zero-order valence-corrected chi connectivity index (χ0v) is 12.0. The molecule has 6 heteroatoms. The van der Waals surface area contributed by atoms with E-state index >= 15 is 0 Å². The van der Waals surface area contributed by atoms with Crippen LogP contribution >= 0.6 is 0 Å². The van der Waals surface area contributed by atoms with Gasteiger partial charge in [-0.2, -0.15) is 0 Å². The van der Waals surface area contributed by atoms with Gasteiger partial charge in [-0.3, -0.25) is 4.79 Å². The number of hydrogen-bond acceptors (Lipinski definition) is 5. The van der Waals surface area contributed by atoms with E-state index in [9.17, 15) is 13.2 Å². The summed E-state index contributed by atoms with van der Waals surface area (Å²) in [5.41, 5.74) is 0. The zero-order valence-electron chi connectivity index (χ0n) is 11.1. The second-order valence-electron chi connectivity index (χ2n) is 4.68. The van der Waals surface area contributed by atoms with Crippen molar-refractivity contribution in [1.29, 1.82) is 0 Å². The fraction of sp³-hybridized carbons (Fsp3) is 0.917. The smallest absolute Gasteiger partial charge is 0.150 e. The number of likely N-dealkylation sites (N-methyl/N-ethyl adjacent to an activating group) is 1. The SMILES string of the molecule is CCCS(=O)(=O)CCC(=O)C1COCC1NCC. The molecule has 5 nitrogen and oxygen atoms in total. The second-order valence-corrected chi connectivity index (χ2v) is 6.98. The van der Waals surface area contributed by atoms with Gasteiger partial charge in [0.05, 0.1) is 24.9 Å². The van der Waals surface area contributed by atoms with E-state index in [0.717, 1.165) is 6.54 Å². The van der Waals surface area contributed by atoms with Gasteiger partial charge < -0.3 is 10.1 Å². The summed E-state index contributed by atoms with van der Waals surface area (Å²) in [6, 6.07) is 0.0383. The summed E-state index contributed by atoms with van der Waals surface area (Å²) in [7, 11) is -3.07. The third-order valence-electron chi connectivity index (χ3n) is 3.13. The Labute approximate surface area is 109 Å². The van der Waals surface area contributed by atoms with Gasteiger partial charge in [-0.05, 0) is 13.0 Å². The molecule has 0 saturated carbocycles. The molecule has 18 heavy (non-hydrogen) atoms. The molecule has 1 aliphatic heterocycles. The van der Waals surface area contributed by atoms with Crippen molar-refractivity contribution in [3.8, 4) is 0 Å². The molecule has 1 N–H and O–H groups in total. The molecule has 0 spiro atoms. The van der Waals surface area contributed by atoms with Crippen LogP contribution in [-0.2, 0) is 19.4 Å². The highest BCUT2D eigenvalue weighted by Crippen LogP contribution is 2.17. The number of ether oxygens (including phenoxy) is 1. The molecule has 1 fully saturated rings. The Hall–Kier alpha value is -0.460. The van der Waals surface area contributed by atoms with Gasteiger partial charge in [-0.25, -0.2) is 8.42 Å². The number of sulfone groups is 1. The Bertz CT molecular complexity index is 366. The molecule has 0 amide bonds. The molecular weight excluding hydrogens is 254 g/mol. The molecule has 0 aliphatic carbocycles. The summed E-state index contributed by atoms with van der Waals surface area (Å²) in [6.45, 7) is 5.53. The fourth-order valence-electron chi connectivity index (χ4n) is 2.19. The summed E-state index contributed by atoms with van der Waals surface area (Å²) in [5, 5.41) is 3.20. The number of carbonyl (C=O) groups excluding carboxylic acids is 1. The van der Waals surface area contributed by atoms with Crippen LogP contribution < -0.4 is 5.32 Å². The molecule has 0 radical (unpaired) electrons. The number of rotatable bonds is 8. The first-order chi connectivity index (χ1) is 8.50. The van der Waals surface area contributed by atoms with Crippen molar-refractivity contribution in [2.75, 3.05) is 31.3 Å².